The number of carbonyl (C=O) groups is 1. The summed E-state index contributed by atoms with van der Waals surface area (Å²) in [4.78, 5) is 20.1. The van der Waals surface area contributed by atoms with Gasteiger partial charge in [-0.2, -0.15) is 0 Å². The second-order valence-electron chi connectivity index (χ2n) is 6.69. The van der Waals surface area contributed by atoms with Crippen LogP contribution in [0.4, 0.5) is 5.00 Å². The standard InChI is InChI=1S/C19H21N3O2S/c1-11(2)22-9-8-13-16(10-22)25-19(20-12(3)23)17(13)18-21-14-6-4-5-7-15(14)24-18/h4-7,11H,8-10H2,1-3H3,(H,20,23). The van der Waals surface area contributed by atoms with Gasteiger partial charge in [-0.15, -0.1) is 11.3 Å². The Bertz CT molecular complexity index is 908. The molecule has 1 aliphatic rings. The summed E-state index contributed by atoms with van der Waals surface area (Å²) in [5, 5.41) is 3.82. The molecule has 0 saturated heterocycles. The maximum Gasteiger partial charge on any atom is 0.230 e. The SMILES string of the molecule is CC(=O)Nc1sc2c(c1-c1nc3ccccc3o1)CCN(C(C)C)C2. The van der Waals surface area contributed by atoms with Crippen LogP contribution in [-0.4, -0.2) is 28.4 Å². The lowest BCUT2D eigenvalue weighted by Gasteiger charge is -2.30. The molecule has 3 heterocycles. The van der Waals surface area contributed by atoms with Crippen molar-refractivity contribution < 1.29 is 9.21 Å². The molecule has 0 atom stereocenters. The first-order valence-electron chi connectivity index (χ1n) is 8.55. The summed E-state index contributed by atoms with van der Waals surface area (Å²) < 4.78 is 6.01. The van der Waals surface area contributed by atoms with Gasteiger partial charge in [-0.3, -0.25) is 9.69 Å². The van der Waals surface area contributed by atoms with Crippen LogP contribution in [-0.2, 0) is 17.8 Å². The number of hydrogen-bond acceptors (Lipinski definition) is 5. The maximum absolute atomic E-state index is 11.7. The van der Waals surface area contributed by atoms with Crippen molar-refractivity contribution >= 4 is 33.3 Å². The number of nitrogens with one attached hydrogen (secondary N) is 1. The molecule has 0 aliphatic carbocycles. The third kappa shape index (κ3) is 2.96. The summed E-state index contributed by atoms with van der Waals surface area (Å²) >= 11 is 1.64. The van der Waals surface area contributed by atoms with Gasteiger partial charge in [-0.05, 0) is 38.0 Å². The Morgan fingerprint density at radius 2 is 2.16 bits per heavy atom. The number of thiophene rings is 1. The predicted molar refractivity (Wildman–Crippen MR) is 101 cm³/mol. The number of fused-ring (bicyclic) bond motifs is 2. The van der Waals surface area contributed by atoms with Crippen LogP contribution in [0.3, 0.4) is 0 Å². The van der Waals surface area contributed by atoms with Crippen LogP contribution < -0.4 is 5.32 Å². The lowest BCUT2D eigenvalue weighted by Crippen LogP contribution is -2.35. The van der Waals surface area contributed by atoms with Gasteiger partial charge in [0, 0.05) is 30.9 Å². The third-order valence-corrected chi connectivity index (χ3v) is 5.75. The van der Waals surface area contributed by atoms with E-state index in [1.54, 1.807) is 11.3 Å². The van der Waals surface area contributed by atoms with E-state index in [4.69, 9.17) is 4.42 Å². The highest BCUT2D eigenvalue weighted by molar-refractivity contribution is 7.17. The van der Waals surface area contributed by atoms with Crippen molar-refractivity contribution in [3.8, 4) is 11.5 Å². The molecule has 25 heavy (non-hydrogen) atoms. The number of hydrogen-bond donors (Lipinski definition) is 1. The van der Waals surface area contributed by atoms with Crippen molar-refractivity contribution in [2.24, 2.45) is 0 Å². The van der Waals surface area contributed by atoms with Crippen molar-refractivity contribution in [3.63, 3.8) is 0 Å². The Balaban J connectivity index is 1.84. The van der Waals surface area contributed by atoms with Crippen molar-refractivity contribution in [1.29, 1.82) is 0 Å². The molecule has 130 valence electrons. The molecule has 1 aromatic carbocycles. The van der Waals surface area contributed by atoms with Crippen molar-refractivity contribution in [3.05, 3.63) is 34.7 Å². The predicted octanol–water partition coefficient (Wildman–Crippen LogP) is 4.28. The molecule has 1 aliphatic heterocycles. The van der Waals surface area contributed by atoms with E-state index in [0.29, 0.717) is 11.9 Å². The number of nitrogens with zero attached hydrogens (tertiary/aromatic N) is 2. The Morgan fingerprint density at radius 3 is 2.88 bits per heavy atom. The number of aromatic nitrogens is 1. The van der Waals surface area contributed by atoms with Gasteiger partial charge in [-0.1, -0.05) is 12.1 Å². The summed E-state index contributed by atoms with van der Waals surface area (Å²) in [6.07, 6.45) is 0.942. The Morgan fingerprint density at radius 1 is 1.36 bits per heavy atom. The molecule has 4 rings (SSSR count). The zero-order valence-corrected chi connectivity index (χ0v) is 15.4. The summed E-state index contributed by atoms with van der Waals surface area (Å²) in [6, 6.07) is 8.26. The Hall–Kier alpha value is -2.18. The first-order chi connectivity index (χ1) is 12.0. The fourth-order valence-corrected chi connectivity index (χ4v) is 4.63. The van der Waals surface area contributed by atoms with Gasteiger partial charge in [0.05, 0.1) is 5.56 Å². The molecule has 0 radical (unpaired) electrons. The van der Waals surface area contributed by atoms with Crippen LogP contribution >= 0.6 is 11.3 Å². The van der Waals surface area contributed by atoms with Gasteiger partial charge in [0.2, 0.25) is 11.8 Å². The van der Waals surface area contributed by atoms with Crippen LogP contribution in [0.5, 0.6) is 0 Å². The molecule has 0 fully saturated rings. The van der Waals surface area contributed by atoms with E-state index in [1.807, 2.05) is 24.3 Å². The minimum atomic E-state index is -0.0725. The van der Waals surface area contributed by atoms with Gasteiger partial charge in [0.15, 0.2) is 5.58 Å². The van der Waals surface area contributed by atoms with Gasteiger partial charge in [0.25, 0.3) is 0 Å². The highest BCUT2D eigenvalue weighted by Gasteiger charge is 2.28. The number of amides is 1. The molecular formula is C19H21N3O2S. The normalized spacial score (nSPS) is 14.9. The molecule has 0 bridgehead atoms. The monoisotopic (exact) mass is 355 g/mol. The largest absolute Gasteiger partial charge is 0.436 e. The number of rotatable bonds is 3. The molecule has 5 nitrogen and oxygen atoms in total. The zero-order valence-electron chi connectivity index (χ0n) is 14.6. The number of oxazole rings is 1. The van der Waals surface area contributed by atoms with Crippen LogP contribution in [0.25, 0.3) is 22.6 Å². The summed E-state index contributed by atoms with van der Waals surface area (Å²) in [5.41, 5.74) is 3.82. The number of para-hydroxylation sites is 2. The Kier molecular flexibility index (Phi) is 4.09. The van der Waals surface area contributed by atoms with E-state index in [1.165, 1.54) is 17.4 Å². The molecule has 2 aromatic heterocycles. The first-order valence-corrected chi connectivity index (χ1v) is 9.36. The van der Waals surface area contributed by atoms with Gasteiger partial charge < -0.3 is 9.73 Å². The average Bonchev–Trinajstić information content (AvgIpc) is 3.13. The quantitative estimate of drug-likeness (QED) is 0.762. The fraction of sp³-hybridized carbons (Fsp3) is 0.368. The molecule has 1 amide bonds. The smallest absolute Gasteiger partial charge is 0.230 e. The van der Waals surface area contributed by atoms with E-state index < -0.39 is 0 Å². The van der Waals surface area contributed by atoms with Gasteiger partial charge in [-0.25, -0.2) is 4.98 Å². The Labute approximate surface area is 150 Å². The van der Waals surface area contributed by atoms with E-state index in [2.05, 4.69) is 29.0 Å². The average molecular weight is 355 g/mol. The van der Waals surface area contributed by atoms with E-state index in [-0.39, 0.29) is 5.91 Å². The van der Waals surface area contributed by atoms with Gasteiger partial charge in [0.1, 0.15) is 10.5 Å². The molecule has 0 spiro atoms. The topological polar surface area (TPSA) is 58.4 Å². The zero-order chi connectivity index (χ0) is 17.6. The molecule has 6 heteroatoms. The van der Waals surface area contributed by atoms with E-state index in [0.717, 1.165) is 41.2 Å². The molecular weight excluding hydrogens is 334 g/mol. The molecule has 0 unspecified atom stereocenters. The minimum Gasteiger partial charge on any atom is -0.436 e. The van der Waals surface area contributed by atoms with Crippen LogP contribution in [0.2, 0.25) is 0 Å². The summed E-state index contributed by atoms with van der Waals surface area (Å²) in [5.74, 6) is 0.525. The summed E-state index contributed by atoms with van der Waals surface area (Å²) in [6.45, 7) is 7.89. The lowest BCUT2D eigenvalue weighted by molar-refractivity contribution is -0.114. The summed E-state index contributed by atoms with van der Waals surface area (Å²) in [7, 11) is 0. The van der Waals surface area contributed by atoms with Crippen LogP contribution in [0, 0.1) is 0 Å². The number of benzene rings is 1. The molecule has 0 saturated carbocycles. The number of carbonyl (C=O) groups excluding carboxylic acids is 1. The van der Waals surface area contributed by atoms with E-state index >= 15 is 0 Å². The maximum atomic E-state index is 11.7. The highest BCUT2D eigenvalue weighted by atomic mass is 32.1. The first kappa shape index (κ1) is 16.3. The second kappa shape index (κ2) is 6.28. The van der Waals surface area contributed by atoms with Crippen LogP contribution in [0.15, 0.2) is 28.7 Å². The second-order valence-corrected chi connectivity index (χ2v) is 7.80. The van der Waals surface area contributed by atoms with Crippen molar-refractivity contribution in [2.75, 3.05) is 11.9 Å². The van der Waals surface area contributed by atoms with Crippen LogP contribution in [0.1, 0.15) is 31.2 Å². The minimum absolute atomic E-state index is 0.0725. The fourth-order valence-electron chi connectivity index (χ4n) is 3.32. The van der Waals surface area contributed by atoms with E-state index in [9.17, 15) is 4.79 Å². The molecule has 3 aromatic rings. The highest BCUT2D eigenvalue weighted by Crippen LogP contribution is 2.44. The van der Waals surface area contributed by atoms with Gasteiger partial charge >= 0.3 is 0 Å². The lowest BCUT2D eigenvalue weighted by atomic mass is 10.0. The third-order valence-electron chi connectivity index (χ3n) is 4.61. The van der Waals surface area contributed by atoms with Crippen molar-refractivity contribution in [1.82, 2.24) is 9.88 Å². The van der Waals surface area contributed by atoms with Crippen molar-refractivity contribution in [2.45, 2.75) is 39.8 Å². The molecule has 1 N–H and O–H groups in total. The number of anilines is 1.